The second kappa shape index (κ2) is 5.95. The van der Waals surface area contributed by atoms with E-state index >= 15 is 0 Å². The quantitative estimate of drug-likeness (QED) is 0.764. The Morgan fingerprint density at radius 2 is 1.88 bits per heavy atom. The van der Waals surface area contributed by atoms with Crippen LogP contribution in [0.2, 0.25) is 0 Å². The van der Waals surface area contributed by atoms with E-state index in [2.05, 4.69) is 4.98 Å². The molecule has 0 aliphatic rings. The largest absolute Gasteiger partial charge is 0.350 e. The van der Waals surface area contributed by atoms with Gasteiger partial charge < -0.3 is 9.05 Å². The van der Waals surface area contributed by atoms with Crippen LogP contribution in [0.5, 0.6) is 0 Å². The van der Waals surface area contributed by atoms with E-state index in [4.69, 9.17) is 9.05 Å². The zero-order valence-corrected chi connectivity index (χ0v) is 10.6. The molecule has 0 aliphatic carbocycles. The van der Waals surface area contributed by atoms with Gasteiger partial charge in [0.25, 0.3) is 5.56 Å². The molecule has 0 saturated carbocycles. The number of hydrogen-bond donors (Lipinski definition) is 1. The van der Waals surface area contributed by atoms with E-state index in [1.807, 2.05) is 0 Å². The first-order chi connectivity index (χ1) is 8.00. The average molecular weight is 262 g/mol. The summed E-state index contributed by atoms with van der Waals surface area (Å²) in [6.45, 7) is 3.80. The second-order valence-electron chi connectivity index (χ2n) is 3.17. The van der Waals surface area contributed by atoms with Gasteiger partial charge in [0, 0.05) is 12.3 Å². The van der Waals surface area contributed by atoms with Gasteiger partial charge in [-0.1, -0.05) is 0 Å². The van der Waals surface area contributed by atoms with Crippen molar-refractivity contribution in [2.75, 3.05) is 13.2 Å². The van der Waals surface area contributed by atoms with Crippen LogP contribution in [0.15, 0.2) is 21.9 Å². The van der Waals surface area contributed by atoms with Gasteiger partial charge in [0.1, 0.15) is 6.29 Å². The van der Waals surface area contributed by atoms with Gasteiger partial charge in [0.15, 0.2) is 0 Å². The van der Waals surface area contributed by atoms with Crippen molar-refractivity contribution in [1.29, 1.82) is 0 Å². The fraction of sp³-hybridized carbons (Fsp3) is 0.556. The highest BCUT2D eigenvalue weighted by molar-refractivity contribution is 7.52. The van der Waals surface area contributed by atoms with Gasteiger partial charge in [-0.2, -0.15) is 0 Å². The van der Waals surface area contributed by atoms with Crippen LogP contribution in [-0.2, 0) is 19.9 Å². The Balaban J connectivity index is 2.97. The minimum absolute atomic E-state index is 0.218. The number of aromatic amines is 1. The minimum Gasteiger partial charge on any atom is -0.308 e. The molecule has 96 valence electrons. The first-order valence-electron chi connectivity index (χ1n) is 5.18. The average Bonchev–Trinajstić information content (AvgIpc) is 2.23. The Hall–Kier alpha value is -1.17. The molecule has 0 fully saturated rings. The molecule has 1 N–H and O–H groups in total. The molecule has 0 atom stereocenters. The van der Waals surface area contributed by atoms with E-state index in [1.165, 1.54) is 12.3 Å². The number of hydrogen-bond acceptors (Lipinski definition) is 5. The molecule has 1 aromatic rings. The van der Waals surface area contributed by atoms with Gasteiger partial charge >= 0.3 is 13.3 Å². The summed E-state index contributed by atoms with van der Waals surface area (Å²) >= 11 is 0. The lowest BCUT2D eigenvalue weighted by atomic mass is 10.6. The van der Waals surface area contributed by atoms with E-state index in [0.717, 1.165) is 4.57 Å². The lowest BCUT2D eigenvalue weighted by molar-refractivity contribution is 0.214. The van der Waals surface area contributed by atoms with Crippen LogP contribution in [0, 0.1) is 0 Å². The van der Waals surface area contributed by atoms with Gasteiger partial charge in [-0.3, -0.25) is 18.9 Å². The lowest BCUT2D eigenvalue weighted by Crippen LogP contribution is -2.29. The van der Waals surface area contributed by atoms with Gasteiger partial charge in [-0.05, 0) is 13.8 Å². The molecule has 0 radical (unpaired) electrons. The van der Waals surface area contributed by atoms with Crippen molar-refractivity contribution in [2.24, 2.45) is 0 Å². The first kappa shape index (κ1) is 13.9. The standard InChI is InChI=1S/C9H15N2O5P/c1-3-15-17(14,16-4-2)7-11-6-5-8(12)10-9(11)13/h5-6H,3-4,7H2,1-2H3,(H,10,12,13). The molecule has 0 unspecified atom stereocenters. The zero-order chi connectivity index (χ0) is 12.9. The molecule has 1 aromatic heterocycles. The lowest BCUT2D eigenvalue weighted by Gasteiger charge is -2.17. The van der Waals surface area contributed by atoms with Crippen LogP contribution in [0.3, 0.4) is 0 Å². The molecule has 7 nitrogen and oxygen atoms in total. The molecular weight excluding hydrogens is 247 g/mol. The zero-order valence-electron chi connectivity index (χ0n) is 9.71. The van der Waals surface area contributed by atoms with E-state index in [-0.39, 0.29) is 19.5 Å². The van der Waals surface area contributed by atoms with Crippen molar-refractivity contribution in [2.45, 2.75) is 20.1 Å². The minimum atomic E-state index is -3.34. The van der Waals surface area contributed by atoms with Crippen molar-refractivity contribution in [3.8, 4) is 0 Å². The van der Waals surface area contributed by atoms with Crippen LogP contribution >= 0.6 is 7.60 Å². The highest BCUT2D eigenvalue weighted by Gasteiger charge is 2.24. The molecule has 1 heterocycles. The van der Waals surface area contributed by atoms with Crippen LogP contribution in [0.25, 0.3) is 0 Å². The van der Waals surface area contributed by atoms with Gasteiger partial charge in [-0.15, -0.1) is 0 Å². The Morgan fingerprint density at radius 1 is 1.29 bits per heavy atom. The van der Waals surface area contributed by atoms with Crippen molar-refractivity contribution in [1.82, 2.24) is 9.55 Å². The Labute approximate surface area is 97.9 Å². The number of nitrogens with zero attached hydrogens (tertiary/aromatic N) is 1. The summed E-state index contributed by atoms with van der Waals surface area (Å²) in [5.74, 6) is 0. The molecule has 0 aromatic carbocycles. The summed E-state index contributed by atoms with van der Waals surface area (Å²) < 4.78 is 23.3. The van der Waals surface area contributed by atoms with Gasteiger partial charge in [0.05, 0.1) is 13.2 Å². The number of H-pyrrole nitrogens is 1. The van der Waals surface area contributed by atoms with Crippen LogP contribution in [0.4, 0.5) is 0 Å². The second-order valence-corrected chi connectivity index (χ2v) is 5.19. The Bertz CT molecular complexity index is 511. The van der Waals surface area contributed by atoms with E-state index in [1.54, 1.807) is 13.8 Å². The van der Waals surface area contributed by atoms with Crippen molar-refractivity contribution in [3.63, 3.8) is 0 Å². The summed E-state index contributed by atoms with van der Waals surface area (Å²) in [4.78, 5) is 24.3. The van der Waals surface area contributed by atoms with E-state index in [0.29, 0.717) is 0 Å². The molecule has 0 saturated heterocycles. The van der Waals surface area contributed by atoms with E-state index in [9.17, 15) is 14.2 Å². The van der Waals surface area contributed by atoms with Crippen molar-refractivity contribution < 1.29 is 13.6 Å². The van der Waals surface area contributed by atoms with Crippen LogP contribution in [-0.4, -0.2) is 22.8 Å². The molecule has 0 bridgehead atoms. The van der Waals surface area contributed by atoms with Crippen LogP contribution in [0.1, 0.15) is 13.8 Å². The maximum absolute atomic E-state index is 12.1. The molecule has 0 aliphatic heterocycles. The first-order valence-corrected chi connectivity index (χ1v) is 6.91. The smallest absolute Gasteiger partial charge is 0.308 e. The summed E-state index contributed by atoms with van der Waals surface area (Å²) in [6, 6.07) is 1.17. The highest BCUT2D eigenvalue weighted by Crippen LogP contribution is 2.49. The molecule has 0 amide bonds. The number of aromatic nitrogens is 2. The monoisotopic (exact) mass is 262 g/mol. The maximum atomic E-state index is 12.1. The summed E-state index contributed by atoms with van der Waals surface area (Å²) in [6.07, 6.45) is 1.04. The number of rotatable bonds is 6. The number of nitrogens with one attached hydrogen (secondary N) is 1. The normalized spacial score (nSPS) is 11.6. The molecule has 0 spiro atoms. The fourth-order valence-electron chi connectivity index (χ4n) is 1.25. The third-order valence-corrected chi connectivity index (χ3v) is 3.83. The van der Waals surface area contributed by atoms with Gasteiger partial charge in [0.2, 0.25) is 0 Å². The fourth-order valence-corrected chi connectivity index (χ4v) is 2.88. The third kappa shape index (κ3) is 3.96. The predicted molar refractivity (Wildman–Crippen MR) is 62.2 cm³/mol. The molecule has 17 heavy (non-hydrogen) atoms. The van der Waals surface area contributed by atoms with Crippen molar-refractivity contribution in [3.05, 3.63) is 33.1 Å². The molecule has 1 rings (SSSR count). The van der Waals surface area contributed by atoms with Crippen LogP contribution < -0.4 is 11.2 Å². The van der Waals surface area contributed by atoms with Crippen molar-refractivity contribution >= 4 is 7.60 Å². The SMILES string of the molecule is CCOP(=O)(Cn1ccc(=O)[nH]c1=O)OCC. The topological polar surface area (TPSA) is 90.4 Å². The summed E-state index contributed by atoms with van der Waals surface area (Å²) in [5.41, 5.74) is -1.15. The predicted octanol–water partition coefficient (Wildman–Crippen LogP) is 0.760. The van der Waals surface area contributed by atoms with E-state index < -0.39 is 18.8 Å². The summed E-state index contributed by atoms with van der Waals surface area (Å²) in [5, 5.41) is 0. The summed E-state index contributed by atoms with van der Waals surface area (Å²) in [7, 11) is -3.34. The Morgan fingerprint density at radius 3 is 2.35 bits per heavy atom. The third-order valence-electron chi connectivity index (χ3n) is 1.87. The molecular formula is C9H15N2O5P. The highest BCUT2D eigenvalue weighted by atomic mass is 31.2. The maximum Gasteiger partial charge on any atom is 0.350 e. The Kier molecular flexibility index (Phi) is 4.86. The van der Waals surface area contributed by atoms with Gasteiger partial charge in [-0.25, -0.2) is 4.79 Å². The molecule has 8 heteroatoms.